The molecule has 0 bridgehead atoms. The molecule has 4 nitrogen and oxygen atoms in total. The number of nitrogens with zero attached hydrogens (tertiary/aromatic N) is 2. The van der Waals surface area contributed by atoms with Gasteiger partial charge in [-0.25, -0.2) is 4.98 Å². The van der Waals surface area contributed by atoms with E-state index >= 15 is 0 Å². The van der Waals surface area contributed by atoms with Gasteiger partial charge in [-0.2, -0.15) is 0 Å². The average molecular weight is 351 g/mol. The van der Waals surface area contributed by atoms with Crippen LogP contribution in [0.5, 0.6) is 0 Å². The zero-order valence-corrected chi connectivity index (χ0v) is 15.6. The summed E-state index contributed by atoms with van der Waals surface area (Å²) in [6.07, 6.45) is 3.17. The Labute approximate surface area is 144 Å². The smallest absolute Gasteiger partial charge is 0.263 e. The molecule has 0 spiro atoms. The van der Waals surface area contributed by atoms with Gasteiger partial charge in [-0.15, -0.1) is 11.3 Å². The molecule has 1 aliphatic carbocycles. The molecule has 0 fully saturated rings. The molecule has 2 heterocycles. The molecular weight excluding hydrogens is 328 g/mol. The number of fused-ring (bicyclic) bond motifs is 3. The van der Waals surface area contributed by atoms with Gasteiger partial charge < -0.3 is 0 Å². The Bertz CT molecular complexity index is 822. The predicted octanol–water partition coefficient (Wildman–Crippen LogP) is 3.67. The number of Topliss-reactive ketones (excluding diaryl/α,β-unsaturated/α-hetero) is 1. The van der Waals surface area contributed by atoms with E-state index in [1.807, 2.05) is 13.8 Å². The summed E-state index contributed by atoms with van der Waals surface area (Å²) in [5.41, 5.74) is 1.28. The fraction of sp³-hybridized carbons (Fsp3) is 0.588. The third kappa shape index (κ3) is 2.98. The number of carbonyl (C=O) groups excluding carboxylic acids is 1. The van der Waals surface area contributed by atoms with Crippen molar-refractivity contribution in [3.63, 3.8) is 0 Å². The van der Waals surface area contributed by atoms with Crippen LogP contribution < -0.4 is 5.56 Å². The molecule has 2 aromatic heterocycles. The lowest BCUT2D eigenvalue weighted by Crippen LogP contribution is -2.24. The molecule has 2 unspecified atom stereocenters. The lowest BCUT2D eigenvalue weighted by molar-refractivity contribution is -0.116. The Kier molecular flexibility index (Phi) is 4.65. The van der Waals surface area contributed by atoms with Crippen LogP contribution in [0.15, 0.2) is 9.95 Å². The minimum absolute atomic E-state index is 0.0582. The van der Waals surface area contributed by atoms with Crippen LogP contribution in [0.4, 0.5) is 0 Å². The summed E-state index contributed by atoms with van der Waals surface area (Å²) >= 11 is 3.05. The molecule has 1 aliphatic rings. The van der Waals surface area contributed by atoms with Crippen molar-refractivity contribution >= 4 is 39.1 Å². The maximum absolute atomic E-state index is 13.0. The highest BCUT2D eigenvalue weighted by Gasteiger charge is 2.25. The van der Waals surface area contributed by atoms with Crippen molar-refractivity contribution in [3.8, 4) is 0 Å². The van der Waals surface area contributed by atoms with Gasteiger partial charge in [-0.1, -0.05) is 18.7 Å². The number of thiophene rings is 1. The van der Waals surface area contributed by atoms with Crippen LogP contribution in [-0.4, -0.2) is 20.6 Å². The molecule has 23 heavy (non-hydrogen) atoms. The molecule has 0 saturated carbocycles. The Morgan fingerprint density at radius 2 is 2.26 bits per heavy atom. The summed E-state index contributed by atoms with van der Waals surface area (Å²) in [7, 11) is 0. The van der Waals surface area contributed by atoms with Crippen molar-refractivity contribution < 1.29 is 4.79 Å². The van der Waals surface area contributed by atoms with Gasteiger partial charge in [0.05, 0.1) is 10.6 Å². The minimum atomic E-state index is -0.188. The quantitative estimate of drug-likeness (QED) is 0.623. The highest BCUT2D eigenvalue weighted by atomic mass is 32.2. The monoisotopic (exact) mass is 350 g/mol. The zero-order chi connectivity index (χ0) is 16.7. The van der Waals surface area contributed by atoms with Crippen LogP contribution in [0.3, 0.4) is 0 Å². The van der Waals surface area contributed by atoms with E-state index < -0.39 is 0 Å². The second-order valence-corrected chi connectivity index (χ2v) is 8.74. The molecule has 2 atom stereocenters. The van der Waals surface area contributed by atoms with Crippen LogP contribution in [0, 0.1) is 5.92 Å². The Morgan fingerprint density at radius 3 is 2.91 bits per heavy atom. The lowest BCUT2D eigenvalue weighted by Gasteiger charge is -2.17. The number of thioether (sulfide) groups is 1. The number of aromatic nitrogens is 2. The molecular formula is C17H22N2O2S2. The van der Waals surface area contributed by atoms with Crippen molar-refractivity contribution in [2.45, 2.75) is 63.9 Å². The maximum Gasteiger partial charge on any atom is 0.263 e. The summed E-state index contributed by atoms with van der Waals surface area (Å²) < 4.78 is 1.72. The molecule has 124 valence electrons. The van der Waals surface area contributed by atoms with Crippen molar-refractivity contribution in [3.05, 3.63) is 20.8 Å². The number of hydrogen-bond acceptors (Lipinski definition) is 5. The van der Waals surface area contributed by atoms with Gasteiger partial charge in [-0.3, -0.25) is 14.2 Å². The van der Waals surface area contributed by atoms with E-state index in [0.29, 0.717) is 17.6 Å². The third-order valence-electron chi connectivity index (χ3n) is 4.55. The number of rotatable bonds is 4. The summed E-state index contributed by atoms with van der Waals surface area (Å²) in [5.74, 6) is 0.779. The van der Waals surface area contributed by atoms with Crippen molar-refractivity contribution in [2.75, 3.05) is 0 Å². The fourth-order valence-electron chi connectivity index (χ4n) is 3.01. The summed E-state index contributed by atoms with van der Waals surface area (Å²) in [6, 6.07) is 0. The van der Waals surface area contributed by atoms with Gasteiger partial charge >= 0.3 is 0 Å². The van der Waals surface area contributed by atoms with Crippen LogP contribution in [0.2, 0.25) is 0 Å². The molecule has 0 saturated heterocycles. The standard InChI is InChI=1S/C17H22N2O2S2/c1-5-19-16(21)14-12-7-6-9(2)8-13(12)23-15(14)18-17(19)22-11(4)10(3)20/h9,11H,5-8H2,1-4H3. The van der Waals surface area contributed by atoms with Gasteiger partial charge in [0.25, 0.3) is 5.56 Å². The van der Waals surface area contributed by atoms with E-state index in [1.54, 1.807) is 22.8 Å². The van der Waals surface area contributed by atoms with Crippen LogP contribution in [0.25, 0.3) is 10.2 Å². The molecule has 2 aromatic rings. The van der Waals surface area contributed by atoms with E-state index in [1.165, 1.54) is 22.2 Å². The van der Waals surface area contributed by atoms with Gasteiger partial charge in [-0.05, 0) is 51.5 Å². The number of carbonyl (C=O) groups is 1. The normalized spacial score (nSPS) is 18.9. The number of aryl methyl sites for hydroxylation is 1. The van der Waals surface area contributed by atoms with E-state index in [0.717, 1.165) is 29.5 Å². The zero-order valence-electron chi connectivity index (χ0n) is 14.0. The average Bonchev–Trinajstić information content (AvgIpc) is 2.84. The highest BCUT2D eigenvalue weighted by Crippen LogP contribution is 2.36. The SMILES string of the molecule is CCn1c(SC(C)C(C)=O)nc2sc3c(c2c1=O)CCC(C)C3. The first-order chi connectivity index (χ1) is 10.9. The molecule has 0 aromatic carbocycles. The van der Waals surface area contributed by atoms with Gasteiger partial charge in [0.15, 0.2) is 5.16 Å². The molecule has 0 amide bonds. The topological polar surface area (TPSA) is 52.0 Å². The summed E-state index contributed by atoms with van der Waals surface area (Å²) in [6.45, 7) is 8.25. The molecule has 6 heteroatoms. The second-order valence-electron chi connectivity index (χ2n) is 6.35. The van der Waals surface area contributed by atoms with Crippen LogP contribution in [0.1, 0.15) is 44.6 Å². The van der Waals surface area contributed by atoms with Crippen LogP contribution in [-0.2, 0) is 24.2 Å². The molecule has 0 N–H and O–H groups in total. The van der Waals surface area contributed by atoms with E-state index in [-0.39, 0.29) is 16.6 Å². The molecule has 0 radical (unpaired) electrons. The number of hydrogen-bond donors (Lipinski definition) is 0. The maximum atomic E-state index is 13.0. The van der Waals surface area contributed by atoms with Crippen LogP contribution >= 0.6 is 23.1 Å². The first-order valence-corrected chi connectivity index (χ1v) is 9.84. The minimum Gasteiger partial charge on any atom is -0.299 e. The lowest BCUT2D eigenvalue weighted by atomic mass is 9.89. The first kappa shape index (κ1) is 16.7. The molecule has 3 rings (SSSR count). The van der Waals surface area contributed by atoms with Crippen molar-refractivity contribution in [1.29, 1.82) is 0 Å². The van der Waals surface area contributed by atoms with E-state index in [4.69, 9.17) is 4.98 Å². The van der Waals surface area contributed by atoms with Crippen molar-refractivity contribution in [1.82, 2.24) is 9.55 Å². The molecule has 0 aliphatic heterocycles. The summed E-state index contributed by atoms with van der Waals surface area (Å²) in [5, 5.41) is 1.30. The second kappa shape index (κ2) is 6.40. The Morgan fingerprint density at radius 1 is 1.52 bits per heavy atom. The highest BCUT2D eigenvalue weighted by molar-refractivity contribution is 8.00. The number of ketones is 1. The van der Waals surface area contributed by atoms with E-state index in [9.17, 15) is 9.59 Å². The largest absolute Gasteiger partial charge is 0.299 e. The third-order valence-corrected chi connectivity index (χ3v) is 6.91. The Balaban J connectivity index is 2.16. The van der Waals surface area contributed by atoms with Gasteiger partial charge in [0, 0.05) is 11.4 Å². The first-order valence-electron chi connectivity index (χ1n) is 8.14. The van der Waals surface area contributed by atoms with Gasteiger partial charge in [0.1, 0.15) is 10.6 Å². The predicted molar refractivity (Wildman–Crippen MR) is 96.7 cm³/mol. The van der Waals surface area contributed by atoms with Gasteiger partial charge in [0.2, 0.25) is 0 Å². The summed E-state index contributed by atoms with van der Waals surface area (Å²) in [4.78, 5) is 31.5. The van der Waals surface area contributed by atoms with E-state index in [2.05, 4.69) is 6.92 Å². The fourth-order valence-corrected chi connectivity index (χ4v) is 5.41. The Hall–Kier alpha value is -1.14. The van der Waals surface area contributed by atoms with Crippen molar-refractivity contribution in [2.24, 2.45) is 5.92 Å².